The van der Waals surface area contributed by atoms with Crippen molar-refractivity contribution in [1.29, 1.82) is 0 Å². The van der Waals surface area contributed by atoms with Gasteiger partial charge in [0.15, 0.2) is 5.82 Å². The van der Waals surface area contributed by atoms with E-state index in [1.807, 2.05) is 5.01 Å². The third kappa shape index (κ3) is 2.88. The highest BCUT2D eigenvalue weighted by Crippen LogP contribution is 2.17. The Bertz CT molecular complexity index is 432. The smallest absolute Gasteiger partial charge is 0.341 e. The quantitative estimate of drug-likeness (QED) is 0.738. The lowest BCUT2D eigenvalue weighted by atomic mass is 10.2. The van der Waals surface area contributed by atoms with E-state index in [-0.39, 0.29) is 0 Å². The van der Waals surface area contributed by atoms with Crippen molar-refractivity contribution in [3.8, 4) is 0 Å². The number of carbonyl (C=O) groups excluding carboxylic acids is 1. The molecule has 1 fully saturated rings. The van der Waals surface area contributed by atoms with Crippen molar-refractivity contribution < 1.29 is 14.3 Å². The van der Waals surface area contributed by atoms with Gasteiger partial charge in [-0.1, -0.05) is 0 Å². The summed E-state index contributed by atoms with van der Waals surface area (Å²) >= 11 is 0. The van der Waals surface area contributed by atoms with Gasteiger partial charge in [-0.15, -0.1) is 0 Å². The van der Waals surface area contributed by atoms with E-state index in [0.29, 0.717) is 30.3 Å². The van der Waals surface area contributed by atoms with E-state index in [2.05, 4.69) is 10.4 Å². The standard InChI is InChI=1S/C11H16N4O3/c1-17-11(16)9-6-8(12)7-13-10(9)14-15-2-4-18-5-3-15/h6-7H,2-5,12H2,1H3,(H,13,14). The molecule has 1 aliphatic heterocycles. The minimum Gasteiger partial charge on any atom is -0.465 e. The van der Waals surface area contributed by atoms with Crippen LogP contribution >= 0.6 is 0 Å². The van der Waals surface area contributed by atoms with Gasteiger partial charge in [0.2, 0.25) is 0 Å². The van der Waals surface area contributed by atoms with Crippen molar-refractivity contribution in [3.63, 3.8) is 0 Å². The number of esters is 1. The van der Waals surface area contributed by atoms with Gasteiger partial charge in [0.1, 0.15) is 5.56 Å². The molecule has 1 aromatic heterocycles. The fraction of sp³-hybridized carbons (Fsp3) is 0.455. The fourth-order valence-electron chi connectivity index (χ4n) is 1.66. The molecule has 2 rings (SSSR count). The Morgan fingerprint density at radius 2 is 2.28 bits per heavy atom. The molecule has 7 heteroatoms. The first kappa shape index (κ1) is 12.6. The van der Waals surface area contributed by atoms with Gasteiger partial charge < -0.3 is 20.6 Å². The molecule has 7 nitrogen and oxygen atoms in total. The molecule has 1 saturated heterocycles. The summed E-state index contributed by atoms with van der Waals surface area (Å²) in [5, 5.41) is 1.94. The Hall–Kier alpha value is -1.86. The predicted octanol–water partition coefficient (Wildman–Crippen LogP) is 0.109. The number of nitrogens with one attached hydrogen (secondary N) is 1. The molecule has 98 valence electrons. The lowest BCUT2D eigenvalue weighted by Crippen LogP contribution is -2.40. The van der Waals surface area contributed by atoms with E-state index < -0.39 is 5.97 Å². The van der Waals surface area contributed by atoms with Crippen LogP contribution in [-0.4, -0.2) is 49.4 Å². The van der Waals surface area contributed by atoms with Gasteiger partial charge in [-0.05, 0) is 6.07 Å². The number of anilines is 2. The third-order valence-corrected chi connectivity index (χ3v) is 2.59. The molecule has 1 aromatic rings. The minimum absolute atomic E-state index is 0.323. The lowest BCUT2D eigenvalue weighted by molar-refractivity contribution is 0.0491. The number of rotatable bonds is 3. The maximum atomic E-state index is 11.6. The summed E-state index contributed by atoms with van der Waals surface area (Å²) in [5.74, 6) is -0.0245. The second kappa shape index (κ2) is 5.65. The molecule has 0 aliphatic carbocycles. The van der Waals surface area contributed by atoms with E-state index in [9.17, 15) is 4.79 Å². The molecule has 1 aliphatic rings. The number of nitrogens with two attached hydrogens (primary N) is 1. The number of pyridine rings is 1. The van der Waals surface area contributed by atoms with Crippen LogP contribution in [0, 0.1) is 0 Å². The number of nitrogen functional groups attached to an aromatic ring is 1. The summed E-state index contributed by atoms with van der Waals surface area (Å²) in [6, 6.07) is 1.54. The van der Waals surface area contributed by atoms with Crippen molar-refractivity contribution in [2.45, 2.75) is 0 Å². The Balaban J connectivity index is 2.17. The molecule has 2 heterocycles. The Morgan fingerprint density at radius 1 is 1.56 bits per heavy atom. The van der Waals surface area contributed by atoms with Crippen molar-refractivity contribution in [3.05, 3.63) is 17.8 Å². The van der Waals surface area contributed by atoms with E-state index >= 15 is 0 Å². The van der Waals surface area contributed by atoms with Gasteiger partial charge in [-0.3, -0.25) is 0 Å². The Morgan fingerprint density at radius 3 is 2.94 bits per heavy atom. The number of morpholine rings is 1. The van der Waals surface area contributed by atoms with Gasteiger partial charge in [-0.25, -0.2) is 14.8 Å². The molecule has 18 heavy (non-hydrogen) atoms. The Kier molecular flexibility index (Phi) is 3.96. The van der Waals surface area contributed by atoms with Crippen molar-refractivity contribution in [2.24, 2.45) is 0 Å². The molecule has 0 bridgehead atoms. The summed E-state index contributed by atoms with van der Waals surface area (Å²) in [7, 11) is 1.32. The number of hydrogen-bond acceptors (Lipinski definition) is 7. The van der Waals surface area contributed by atoms with Crippen LogP contribution in [0.25, 0.3) is 0 Å². The first-order valence-corrected chi connectivity index (χ1v) is 5.64. The molecule has 0 aromatic carbocycles. The molecule has 0 radical (unpaired) electrons. The summed E-state index contributed by atoms with van der Waals surface area (Å²) in [6.45, 7) is 2.75. The second-order valence-electron chi connectivity index (χ2n) is 3.87. The van der Waals surface area contributed by atoms with Crippen LogP contribution in [0.1, 0.15) is 10.4 Å². The average Bonchev–Trinajstić information content (AvgIpc) is 2.41. The number of aromatic nitrogens is 1. The van der Waals surface area contributed by atoms with Crippen LogP contribution in [-0.2, 0) is 9.47 Å². The average molecular weight is 252 g/mol. The SMILES string of the molecule is COC(=O)c1cc(N)cnc1NN1CCOCC1. The molecule has 0 saturated carbocycles. The summed E-state index contributed by atoms with van der Waals surface area (Å²) in [6.07, 6.45) is 1.50. The monoisotopic (exact) mass is 252 g/mol. The van der Waals surface area contributed by atoms with Gasteiger partial charge >= 0.3 is 5.97 Å². The number of nitrogens with zero attached hydrogens (tertiary/aromatic N) is 2. The number of methoxy groups -OCH3 is 1. The van der Waals surface area contributed by atoms with Crippen LogP contribution in [0.15, 0.2) is 12.3 Å². The van der Waals surface area contributed by atoms with E-state index in [1.54, 1.807) is 6.07 Å². The van der Waals surface area contributed by atoms with Crippen LogP contribution in [0.2, 0.25) is 0 Å². The largest absolute Gasteiger partial charge is 0.465 e. The predicted molar refractivity (Wildman–Crippen MR) is 66.0 cm³/mol. The maximum absolute atomic E-state index is 11.6. The van der Waals surface area contributed by atoms with E-state index in [4.69, 9.17) is 15.2 Å². The van der Waals surface area contributed by atoms with Crippen LogP contribution in [0.4, 0.5) is 11.5 Å². The van der Waals surface area contributed by atoms with E-state index in [0.717, 1.165) is 13.1 Å². The second-order valence-corrected chi connectivity index (χ2v) is 3.87. The third-order valence-electron chi connectivity index (χ3n) is 2.59. The molecule has 0 atom stereocenters. The van der Waals surface area contributed by atoms with Crippen molar-refractivity contribution in [1.82, 2.24) is 9.99 Å². The van der Waals surface area contributed by atoms with Gasteiger partial charge in [0, 0.05) is 13.1 Å². The zero-order valence-corrected chi connectivity index (χ0v) is 10.2. The van der Waals surface area contributed by atoms with Gasteiger partial charge in [0.05, 0.1) is 32.2 Å². The summed E-state index contributed by atoms with van der Waals surface area (Å²) < 4.78 is 9.95. The van der Waals surface area contributed by atoms with Crippen LogP contribution < -0.4 is 11.2 Å². The molecule has 0 amide bonds. The lowest BCUT2D eigenvalue weighted by Gasteiger charge is -2.28. The van der Waals surface area contributed by atoms with E-state index in [1.165, 1.54) is 13.3 Å². The zero-order chi connectivity index (χ0) is 13.0. The molecule has 3 N–H and O–H groups in total. The highest BCUT2D eigenvalue weighted by Gasteiger charge is 2.17. The number of hydrazine groups is 1. The Labute approximate surface area is 105 Å². The topological polar surface area (TPSA) is 89.7 Å². The first-order chi connectivity index (χ1) is 8.70. The summed E-state index contributed by atoms with van der Waals surface area (Å²) in [5.41, 5.74) is 9.44. The fourth-order valence-corrected chi connectivity index (χ4v) is 1.66. The zero-order valence-electron chi connectivity index (χ0n) is 10.2. The molecule has 0 spiro atoms. The van der Waals surface area contributed by atoms with Crippen molar-refractivity contribution >= 4 is 17.5 Å². The van der Waals surface area contributed by atoms with Crippen LogP contribution in [0.5, 0.6) is 0 Å². The van der Waals surface area contributed by atoms with Crippen LogP contribution in [0.3, 0.4) is 0 Å². The van der Waals surface area contributed by atoms with Crippen molar-refractivity contribution in [2.75, 3.05) is 44.6 Å². The normalized spacial score (nSPS) is 16.3. The number of ether oxygens (including phenoxy) is 2. The minimum atomic E-state index is -0.467. The van der Waals surface area contributed by atoms with Gasteiger partial charge in [0.25, 0.3) is 0 Å². The first-order valence-electron chi connectivity index (χ1n) is 5.64. The molecular formula is C11H16N4O3. The summed E-state index contributed by atoms with van der Waals surface area (Å²) in [4.78, 5) is 15.7. The number of hydrogen-bond donors (Lipinski definition) is 2. The maximum Gasteiger partial charge on any atom is 0.341 e. The molecular weight excluding hydrogens is 236 g/mol. The highest BCUT2D eigenvalue weighted by molar-refractivity contribution is 5.95. The number of carbonyl (C=O) groups is 1. The molecule has 0 unspecified atom stereocenters. The van der Waals surface area contributed by atoms with Gasteiger partial charge in [-0.2, -0.15) is 0 Å². The highest BCUT2D eigenvalue weighted by atomic mass is 16.5.